The van der Waals surface area contributed by atoms with E-state index in [4.69, 9.17) is 0 Å². The van der Waals surface area contributed by atoms with Gasteiger partial charge >= 0.3 is 0 Å². The number of amides is 1. The minimum Gasteiger partial charge on any atom is -0.393 e. The van der Waals surface area contributed by atoms with Gasteiger partial charge in [0.25, 0.3) is 0 Å². The Bertz CT molecular complexity index is 754. The minimum atomic E-state index is -0.328. The molecule has 2 saturated carbocycles. The van der Waals surface area contributed by atoms with E-state index < -0.39 is 0 Å². The van der Waals surface area contributed by atoms with Crippen LogP contribution >= 0.6 is 0 Å². The fourth-order valence-corrected chi connectivity index (χ4v) is 4.30. The van der Waals surface area contributed by atoms with Crippen LogP contribution in [0.25, 0.3) is 0 Å². The molecule has 0 unspecified atom stereocenters. The average Bonchev–Trinajstić information content (AvgIpc) is 2.71. The van der Waals surface area contributed by atoms with Gasteiger partial charge in [0.15, 0.2) is 0 Å². The molecule has 2 fully saturated rings. The third-order valence-electron chi connectivity index (χ3n) is 6.25. The number of hydrogen-bond donors (Lipinski definition) is 3. The number of aliphatic hydroxyl groups excluding tert-OH is 1. The Kier molecular flexibility index (Phi) is 6.91. The van der Waals surface area contributed by atoms with Crippen LogP contribution in [-0.4, -0.2) is 58.2 Å². The van der Waals surface area contributed by atoms with Gasteiger partial charge in [-0.25, -0.2) is 4.98 Å². The third-order valence-corrected chi connectivity index (χ3v) is 6.25. The van der Waals surface area contributed by atoms with Gasteiger partial charge in [0.05, 0.1) is 12.3 Å². The monoisotopic (exact) mass is 400 g/mol. The van der Waals surface area contributed by atoms with Gasteiger partial charge in [0.2, 0.25) is 11.9 Å². The van der Waals surface area contributed by atoms with Gasteiger partial charge < -0.3 is 20.6 Å². The normalized spacial score (nSPS) is 29.6. The molecule has 3 atom stereocenters. The lowest BCUT2D eigenvalue weighted by Gasteiger charge is -2.32. The molecule has 0 spiro atoms. The Morgan fingerprint density at radius 2 is 1.86 bits per heavy atom. The number of rotatable bonds is 5. The summed E-state index contributed by atoms with van der Waals surface area (Å²) in [4.78, 5) is 22.6. The van der Waals surface area contributed by atoms with Crippen LogP contribution in [0.5, 0.6) is 0 Å². The number of anilines is 2. The molecule has 0 aromatic carbocycles. The Hall–Kier alpha value is -2.40. The molecule has 158 valence electrons. The molecule has 1 amide bonds. The zero-order valence-corrected chi connectivity index (χ0v) is 17.6. The van der Waals surface area contributed by atoms with Crippen LogP contribution in [-0.2, 0) is 4.79 Å². The van der Waals surface area contributed by atoms with E-state index in [1.165, 1.54) is 0 Å². The highest BCUT2D eigenvalue weighted by molar-refractivity contribution is 5.78. The number of nitriles is 1. The maximum absolute atomic E-state index is 12.1. The molecule has 0 saturated heterocycles. The van der Waals surface area contributed by atoms with Crippen molar-refractivity contribution in [1.82, 2.24) is 14.9 Å². The lowest BCUT2D eigenvalue weighted by Crippen LogP contribution is -2.36. The van der Waals surface area contributed by atoms with Crippen molar-refractivity contribution >= 4 is 17.7 Å². The summed E-state index contributed by atoms with van der Waals surface area (Å²) in [6, 6.07) is 2.47. The van der Waals surface area contributed by atoms with Crippen LogP contribution in [0.1, 0.15) is 57.4 Å². The van der Waals surface area contributed by atoms with E-state index >= 15 is 0 Å². The molecule has 8 nitrogen and oxygen atoms in total. The summed E-state index contributed by atoms with van der Waals surface area (Å²) in [7, 11) is 3.61. The first-order valence-corrected chi connectivity index (χ1v) is 10.6. The Morgan fingerprint density at radius 1 is 1.17 bits per heavy atom. The number of aliphatic hydroxyl groups is 1. The second-order valence-corrected chi connectivity index (χ2v) is 8.69. The Balaban J connectivity index is 1.61. The molecule has 3 rings (SSSR count). The van der Waals surface area contributed by atoms with Crippen molar-refractivity contribution in [3.63, 3.8) is 0 Å². The van der Waals surface area contributed by atoms with Gasteiger partial charge in [-0.1, -0.05) is 6.92 Å². The largest absolute Gasteiger partial charge is 0.393 e. The summed E-state index contributed by atoms with van der Waals surface area (Å²) in [5.74, 6) is 1.63. The standard InChI is InChI=1S/C21H32N6O2/c1-13-4-7-17(10-18(13)28)24-19-15(11-22)12-23-21(26-19)25-16-8-5-14(6-9-16)20(29)27(2)3/h12-14,16-18,28H,4-10H2,1-3H3,(H2,23,24,25,26)/t13-,14-,16-,17-,18-/m1/s1. The molecule has 1 heterocycles. The molecule has 0 aliphatic heterocycles. The highest BCUT2D eigenvalue weighted by atomic mass is 16.3. The topological polar surface area (TPSA) is 114 Å². The van der Waals surface area contributed by atoms with Crippen molar-refractivity contribution in [2.75, 3.05) is 24.7 Å². The molecular formula is C21H32N6O2. The molecule has 2 aliphatic rings. The Labute approximate surface area is 172 Å². The molecule has 0 bridgehead atoms. The lowest BCUT2D eigenvalue weighted by molar-refractivity contribution is -0.133. The predicted molar refractivity (Wildman–Crippen MR) is 111 cm³/mol. The van der Waals surface area contributed by atoms with Crippen LogP contribution in [0.4, 0.5) is 11.8 Å². The molecule has 3 N–H and O–H groups in total. The first-order valence-electron chi connectivity index (χ1n) is 10.6. The van der Waals surface area contributed by atoms with Crippen molar-refractivity contribution in [2.24, 2.45) is 11.8 Å². The van der Waals surface area contributed by atoms with Crippen molar-refractivity contribution in [3.05, 3.63) is 11.8 Å². The predicted octanol–water partition coefficient (Wildman–Crippen LogP) is 2.37. The number of aromatic nitrogens is 2. The average molecular weight is 401 g/mol. The van der Waals surface area contributed by atoms with Gasteiger partial charge in [0, 0.05) is 32.1 Å². The summed E-state index contributed by atoms with van der Waals surface area (Å²) >= 11 is 0. The summed E-state index contributed by atoms with van der Waals surface area (Å²) < 4.78 is 0. The number of nitrogens with one attached hydrogen (secondary N) is 2. The second kappa shape index (κ2) is 9.40. The van der Waals surface area contributed by atoms with Crippen molar-refractivity contribution in [3.8, 4) is 6.07 Å². The van der Waals surface area contributed by atoms with E-state index in [-0.39, 0.29) is 30.0 Å². The van der Waals surface area contributed by atoms with E-state index in [0.29, 0.717) is 29.7 Å². The third kappa shape index (κ3) is 5.36. The highest BCUT2D eigenvalue weighted by Gasteiger charge is 2.29. The van der Waals surface area contributed by atoms with Crippen LogP contribution in [0.2, 0.25) is 0 Å². The lowest BCUT2D eigenvalue weighted by atomic mass is 9.85. The molecular weight excluding hydrogens is 368 g/mol. The number of carbonyl (C=O) groups is 1. The van der Waals surface area contributed by atoms with Crippen molar-refractivity contribution < 1.29 is 9.90 Å². The van der Waals surface area contributed by atoms with Gasteiger partial charge in [-0.2, -0.15) is 10.2 Å². The fourth-order valence-electron chi connectivity index (χ4n) is 4.30. The number of hydrogen-bond acceptors (Lipinski definition) is 7. The van der Waals surface area contributed by atoms with E-state index in [1.807, 2.05) is 0 Å². The van der Waals surface area contributed by atoms with Crippen molar-refractivity contribution in [1.29, 1.82) is 5.26 Å². The van der Waals surface area contributed by atoms with Crippen LogP contribution in [0, 0.1) is 23.2 Å². The quantitative estimate of drug-likeness (QED) is 0.695. The summed E-state index contributed by atoms with van der Waals surface area (Å²) in [5.41, 5.74) is 0.406. The zero-order valence-electron chi connectivity index (χ0n) is 17.6. The van der Waals surface area contributed by atoms with E-state index in [9.17, 15) is 15.2 Å². The SMILES string of the molecule is C[C@@H]1CC[C@@H](Nc2nc(N[C@H]3CC[C@H](C(=O)N(C)C)CC3)ncc2C#N)C[C@H]1O. The molecule has 29 heavy (non-hydrogen) atoms. The first kappa shape index (κ1) is 21.3. The molecule has 1 aromatic rings. The second-order valence-electron chi connectivity index (χ2n) is 8.69. The van der Waals surface area contributed by atoms with E-state index in [0.717, 1.165) is 38.5 Å². The maximum Gasteiger partial charge on any atom is 0.225 e. The molecule has 2 aliphatic carbocycles. The Morgan fingerprint density at radius 3 is 2.48 bits per heavy atom. The maximum atomic E-state index is 12.1. The summed E-state index contributed by atoms with van der Waals surface area (Å²) in [5, 5.41) is 26.3. The molecule has 1 aromatic heterocycles. The smallest absolute Gasteiger partial charge is 0.225 e. The van der Waals surface area contributed by atoms with Gasteiger partial charge in [0.1, 0.15) is 17.5 Å². The highest BCUT2D eigenvalue weighted by Crippen LogP contribution is 2.29. The number of carbonyl (C=O) groups excluding carboxylic acids is 1. The van der Waals surface area contributed by atoms with Crippen molar-refractivity contribution in [2.45, 2.75) is 70.1 Å². The van der Waals surface area contributed by atoms with Gasteiger partial charge in [-0.15, -0.1) is 0 Å². The zero-order chi connectivity index (χ0) is 21.0. The first-order chi connectivity index (χ1) is 13.9. The van der Waals surface area contributed by atoms with Crippen LogP contribution in [0.15, 0.2) is 6.20 Å². The molecule has 8 heteroatoms. The van der Waals surface area contributed by atoms with E-state index in [2.05, 4.69) is 33.6 Å². The summed E-state index contributed by atoms with van der Waals surface area (Å²) in [6.45, 7) is 2.06. The van der Waals surface area contributed by atoms with Gasteiger partial charge in [-0.3, -0.25) is 4.79 Å². The fraction of sp³-hybridized carbons (Fsp3) is 0.714. The van der Waals surface area contributed by atoms with Gasteiger partial charge in [-0.05, 0) is 50.9 Å². The molecule has 0 radical (unpaired) electrons. The number of nitrogens with zero attached hydrogens (tertiary/aromatic N) is 4. The van der Waals surface area contributed by atoms with Crippen LogP contribution < -0.4 is 10.6 Å². The minimum absolute atomic E-state index is 0.0993. The van der Waals surface area contributed by atoms with E-state index in [1.54, 1.807) is 25.2 Å². The van der Waals surface area contributed by atoms with Crippen LogP contribution in [0.3, 0.4) is 0 Å². The summed E-state index contributed by atoms with van der Waals surface area (Å²) in [6.07, 6.45) is 7.26.